The van der Waals surface area contributed by atoms with Gasteiger partial charge in [-0.3, -0.25) is 0 Å². The number of benzene rings is 1. The van der Waals surface area contributed by atoms with Crippen molar-refractivity contribution in [3.8, 4) is 11.1 Å². The minimum Gasteiger partial charge on any atom is -0.326 e. The molecule has 0 fully saturated rings. The fourth-order valence-electron chi connectivity index (χ4n) is 1.28. The summed E-state index contributed by atoms with van der Waals surface area (Å²) in [4.78, 5) is 1.22. The highest BCUT2D eigenvalue weighted by molar-refractivity contribution is 9.10. The summed E-state index contributed by atoms with van der Waals surface area (Å²) < 4.78 is 1.11. The lowest BCUT2D eigenvalue weighted by Crippen LogP contribution is -1.91. The van der Waals surface area contributed by atoms with Gasteiger partial charge in [0.2, 0.25) is 0 Å². The number of hydrogen-bond acceptors (Lipinski definition) is 2. The van der Waals surface area contributed by atoms with Crippen molar-refractivity contribution in [1.29, 1.82) is 0 Å². The summed E-state index contributed by atoms with van der Waals surface area (Å²) in [5.74, 6) is 0. The van der Waals surface area contributed by atoms with Crippen molar-refractivity contribution in [1.82, 2.24) is 0 Å². The SMILES string of the molecule is NCc1cc(-c2ccc(Br)cc2)cs1. The maximum Gasteiger partial charge on any atom is 0.0274 e. The molecule has 0 radical (unpaired) electrons. The van der Waals surface area contributed by atoms with Crippen molar-refractivity contribution in [3.63, 3.8) is 0 Å². The molecule has 1 nitrogen and oxygen atoms in total. The van der Waals surface area contributed by atoms with E-state index in [1.165, 1.54) is 16.0 Å². The first-order valence-corrected chi connectivity index (χ1v) is 6.00. The molecule has 0 unspecified atom stereocenters. The zero-order valence-electron chi connectivity index (χ0n) is 7.53. The molecule has 0 spiro atoms. The number of hydrogen-bond donors (Lipinski definition) is 1. The van der Waals surface area contributed by atoms with E-state index in [0.717, 1.165) is 4.47 Å². The van der Waals surface area contributed by atoms with Crippen LogP contribution in [0.25, 0.3) is 11.1 Å². The molecule has 1 heterocycles. The molecule has 0 amide bonds. The molecule has 14 heavy (non-hydrogen) atoms. The fraction of sp³-hybridized carbons (Fsp3) is 0.0909. The predicted molar refractivity (Wildman–Crippen MR) is 65.3 cm³/mol. The second kappa shape index (κ2) is 4.26. The third-order valence-electron chi connectivity index (χ3n) is 2.03. The highest BCUT2D eigenvalue weighted by Crippen LogP contribution is 2.26. The number of rotatable bonds is 2. The van der Waals surface area contributed by atoms with Crippen LogP contribution in [0.15, 0.2) is 40.2 Å². The van der Waals surface area contributed by atoms with E-state index in [4.69, 9.17) is 5.73 Å². The molecule has 0 saturated heterocycles. The Morgan fingerprint density at radius 3 is 2.43 bits per heavy atom. The van der Waals surface area contributed by atoms with Crippen LogP contribution in [-0.2, 0) is 6.54 Å². The average Bonchev–Trinajstić information content (AvgIpc) is 2.67. The van der Waals surface area contributed by atoms with Crippen LogP contribution < -0.4 is 5.73 Å². The van der Waals surface area contributed by atoms with Crippen LogP contribution in [0.1, 0.15) is 4.88 Å². The van der Waals surface area contributed by atoms with Gasteiger partial charge in [-0.2, -0.15) is 0 Å². The van der Waals surface area contributed by atoms with E-state index in [1.807, 2.05) is 0 Å². The van der Waals surface area contributed by atoms with Crippen LogP contribution in [0.4, 0.5) is 0 Å². The van der Waals surface area contributed by atoms with Crippen LogP contribution in [0, 0.1) is 0 Å². The Labute approximate surface area is 95.7 Å². The van der Waals surface area contributed by atoms with E-state index >= 15 is 0 Å². The maximum absolute atomic E-state index is 5.57. The molecule has 3 heteroatoms. The van der Waals surface area contributed by atoms with E-state index in [0.29, 0.717) is 6.54 Å². The average molecular weight is 268 g/mol. The quantitative estimate of drug-likeness (QED) is 0.884. The van der Waals surface area contributed by atoms with Gasteiger partial charge in [0.05, 0.1) is 0 Å². The molecule has 2 N–H and O–H groups in total. The monoisotopic (exact) mass is 267 g/mol. The van der Waals surface area contributed by atoms with Crippen LogP contribution in [0.5, 0.6) is 0 Å². The lowest BCUT2D eigenvalue weighted by molar-refractivity contribution is 1.11. The molecule has 72 valence electrons. The molecule has 0 saturated carbocycles. The van der Waals surface area contributed by atoms with Gasteiger partial charge in [0, 0.05) is 15.9 Å². The summed E-state index contributed by atoms with van der Waals surface area (Å²) in [5, 5.41) is 2.14. The second-order valence-electron chi connectivity index (χ2n) is 3.01. The van der Waals surface area contributed by atoms with E-state index in [9.17, 15) is 0 Å². The lowest BCUT2D eigenvalue weighted by atomic mass is 10.1. The van der Waals surface area contributed by atoms with Gasteiger partial charge in [-0.25, -0.2) is 0 Å². The van der Waals surface area contributed by atoms with Gasteiger partial charge in [-0.15, -0.1) is 11.3 Å². The van der Waals surface area contributed by atoms with Gasteiger partial charge < -0.3 is 5.73 Å². The summed E-state index contributed by atoms with van der Waals surface area (Å²) >= 11 is 5.13. The fourth-order valence-corrected chi connectivity index (χ4v) is 2.32. The number of thiophene rings is 1. The van der Waals surface area contributed by atoms with Crippen molar-refractivity contribution < 1.29 is 0 Å². The summed E-state index contributed by atoms with van der Waals surface area (Å²) in [6, 6.07) is 10.5. The normalized spacial score (nSPS) is 10.4. The van der Waals surface area contributed by atoms with Crippen molar-refractivity contribution in [2.75, 3.05) is 0 Å². The summed E-state index contributed by atoms with van der Waals surface area (Å²) in [7, 11) is 0. The molecule has 0 aliphatic carbocycles. The zero-order chi connectivity index (χ0) is 9.97. The zero-order valence-corrected chi connectivity index (χ0v) is 9.94. The Kier molecular flexibility index (Phi) is 3.01. The first kappa shape index (κ1) is 9.90. The summed E-state index contributed by atoms with van der Waals surface area (Å²) in [6.07, 6.45) is 0. The van der Waals surface area contributed by atoms with Gasteiger partial charge in [0.1, 0.15) is 0 Å². The second-order valence-corrected chi connectivity index (χ2v) is 4.92. The molecule has 0 aliphatic heterocycles. The predicted octanol–water partition coefficient (Wildman–Crippen LogP) is 3.64. The molecule has 2 aromatic rings. The van der Waals surface area contributed by atoms with Crippen molar-refractivity contribution in [2.45, 2.75) is 6.54 Å². The largest absolute Gasteiger partial charge is 0.326 e. The van der Waals surface area contributed by atoms with E-state index < -0.39 is 0 Å². The summed E-state index contributed by atoms with van der Waals surface area (Å²) in [5.41, 5.74) is 8.06. The Morgan fingerprint density at radius 2 is 1.86 bits per heavy atom. The van der Waals surface area contributed by atoms with Crippen LogP contribution in [-0.4, -0.2) is 0 Å². The highest BCUT2D eigenvalue weighted by Gasteiger charge is 2.00. The van der Waals surface area contributed by atoms with Gasteiger partial charge in [0.25, 0.3) is 0 Å². The Balaban J connectivity index is 2.34. The van der Waals surface area contributed by atoms with Gasteiger partial charge in [-0.1, -0.05) is 28.1 Å². The molecule has 0 aliphatic rings. The highest BCUT2D eigenvalue weighted by atomic mass is 79.9. The van der Waals surface area contributed by atoms with E-state index in [2.05, 4.69) is 51.6 Å². The van der Waals surface area contributed by atoms with E-state index in [-0.39, 0.29) is 0 Å². The first-order valence-electron chi connectivity index (χ1n) is 4.33. The van der Waals surface area contributed by atoms with E-state index in [1.54, 1.807) is 11.3 Å². The smallest absolute Gasteiger partial charge is 0.0274 e. The molecule has 0 bridgehead atoms. The minimum absolute atomic E-state index is 0.626. The van der Waals surface area contributed by atoms with Gasteiger partial charge >= 0.3 is 0 Å². The van der Waals surface area contributed by atoms with Crippen molar-refractivity contribution in [2.24, 2.45) is 5.73 Å². The van der Waals surface area contributed by atoms with Gasteiger partial charge in [0.15, 0.2) is 0 Å². The molecule has 1 aromatic heterocycles. The Morgan fingerprint density at radius 1 is 1.14 bits per heavy atom. The van der Waals surface area contributed by atoms with Gasteiger partial charge in [-0.05, 0) is 34.7 Å². The molecule has 0 atom stereocenters. The topological polar surface area (TPSA) is 26.0 Å². The van der Waals surface area contributed by atoms with Crippen molar-refractivity contribution in [3.05, 3.63) is 45.1 Å². The molecule has 2 rings (SSSR count). The number of halogens is 1. The first-order chi connectivity index (χ1) is 6.79. The maximum atomic E-state index is 5.57. The van der Waals surface area contributed by atoms with Crippen molar-refractivity contribution >= 4 is 27.3 Å². The molecular formula is C11H10BrNS. The Hall–Kier alpha value is -0.640. The molecular weight excluding hydrogens is 258 g/mol. The van der Waals surface area contributed by atoms with Crippen LogP contribution in [0.3, 0.4) is 0 Å². The number of nitrogens with two attached hydrogens (primary N) is 1. The summed E-state index contributed by atoms with van der Waals surface area (Å²) in [6.45, 7) is 0.626. The molecule has 1 aromatic carbocycles. The third-order valence-corrected chi connectivity index (χ3v) is 3.52. The third kappa shape index (κ3) is 2.05. The Bertz CT molecular complexity index is 419. The van der Waals surface area contributed by atoms with Crippen LogP contribution in [0.2, 0.25) is 0 Å². The standard InChI is InChI=1S/C11H10BrNS/c12-10-3-1-8(2-4-10)9-5-11(6-13)14-7-9/h1-5,7H,6,13H2. The van der Waals surface area contributed by atoms with Crippen LogP contribution >= 0.6 is 27.3 Å². The minimum atomic E-state index is 0.626. The lowest BCUT2D eigenvalue weighted by Gasteiger charge is -1.96.